The molecule has 70 valence electrons. The molecule has 1 rings (SSSR count). The molecule has 0 saturated carbocycles. The topological polar surface area (TPSA) is 54.4 Å². The molecule has 0 atom stereocenters. The van der Waals surface area contributed by atoms with Crippen molar-refractivity contribution in [3.63, 3.8) is 0 Å². The molecule has 13 heavy (non-hydrogen) atoms. The van der Waals surface area contributed by atoms with Crippen molar-refractivity contribution in [2.45, 2.75) is 4.90 Å². The van der Waals surface area contributed by atoms with Crippen LogP contribution in [0.1, 0.15) is 5.56 Å². The van der Waals surface area contributed by atoms with Gasteiger partial charge in [0.05, 0.1) is 4.90 Å². The molecule has 0 aliphatic heterocycles. The monoisotopic (exact) mass is 218 g/mol. The van der Waals surface area contributed by atoms with Gasteiger partial charge in [0.25, 0.3) is 10.1 Å². The van der Waals surface area contributed by atoms with Gasteiger partial charge >= 0.3 is 0 Å². The molecule has 1 aromatic carbocycles. The Bertz CT molecular complexity index is 437. The highest BCUT2D eigenvalue weighted by molar-refractivity contribution is 7.85. The van der Waals surface area contributed by atoms with E-state index in [-0.39, 0.29) is 4.90 Å². The molecule has 5 heteroatoms. The van der Waals surface area contributed by atoms with Gasteiger partial charge in [-0.15, -0.1) is 0 Å². The van der Waals surface area contributed by atoms with Crippen LogP contribution in [0.25, 0.3) is 6.08 Å². The molecule has 0 aliphatic carbocycles. The van der Waals surface area contributed by atoms with E-state index in [4.69, 9.17) is 16.2 Å². The minimum atomic E-state index is -4.16. The van der Waals surface area contributed by atoms with Crippen LogP contribution in [0, 0.1) is 0 Å². The van der Waals surface area contributed by atoms with Crippen molar-refractivity contribution in [3.05, 3.63) is 35.4 Å². The van der Waals surface area contributed by atoms with Crippen molar-refractivity contribution in [3.8, 4) is 0 Å². The fourth-order valence-electron chi connectivity index (χ4n) is 0.839. The maximum absolute atomic E-state index is 10.7. The zero-order chi connectivity index (χ0) is 10.1. The molecule has 1 aromatic rings. The summed E-state index contributed by atoms with van der Waals surface area (Å²) in [6.45, 7) is 3.45. The Kier molecular flexibility index (Phi) is 2.75. The molecule has 0 saturated heterocycles. The summed E-state index contributed by atoms with van der Waals surface area (Å²) in [4.78, 5) is -0.188. The van der Waals surface area contributed by atoms with Gasteiger partial charge in [-0.2, -0.15) is 8.42 Å². The SMILES string of the molecule is C=Cc1cc(S(=O)(=O)O)ccc1Cl. The van der Waals surface area contributed by atoms with Crippen LogP contribution in [-0.2, 0) is 10.1 Å². The Morgan fingerprint density at radius 3 is 2.54 bits per heavy atom. The minimum absolute atomic E-state index is 0.188. The van der Waals surface area contributed by atoms with Gasteiger partial charge in [0.2, 0.25) is 0 Å². The van der Waals surface area contributed by atoms with Crippen molar-refractivity contribution in [1.29, 1.82) is 0 Å². The zero-order valence-corrected chi connectivity index (χ0v) is 8.14. The highest BCUT2D eigenvalue weighted by Crippen LogP contribution is 2.20. The Labute approximate surface area is 81.4 Å². The van der Waals surface area contributed by atoms with Crippen LogP contribution in [-0.4, -0.2) is 13.0 Å². The molecule has 0 heterocycles. The standard InChI is InChI=1S/C8H7ClO3S/c1-2-6-5-7(13(10,11)12)3-4-8(6)9/h2-5H,1H2,(H,10,11,12). The third-order valence-corrected chi connectivity index (χ3v) is 2.68. The van der Waals surface area contributed by atoms with Crippen molar-refractivity contribution >= 4 is 27.8 Å². The van der Waals surface area contributed by atoms with Gasteiger partial charge in [-0.05, 0) is 23.8 Å². The predicted molar refractivity (Wildman–Crippen MR) is 51.4 cm³/mol. The third-order valence-electron chi connectivity index (χ3n) is 1.49. The lowest BCUT2D eigenvalue weighted by atomic mass is 10.2. The van der Waals surface area contributed by atoms with E-state index in [9.17, 15) is 8.42 Å². The lowest BCUT2D eigenvalue weighted by Gasteiger charge is -2.00. The molecule has 1 N–H and O–H groups in total. The molecule has 0 bridgehead atoms. The molecule has 0 aliphatic rings. The summed E-state index contributed by atoms with van der Waals surface area (Å²) < 4.78 is 30.1. The van der Waals surface area contributed by atoms with Gasteiger partial charge in [-0.3, -0.25) is 4.55 Å². The van der Waals surface area contributed by atoms with Crippen LogP contribution in [0.3, 0.4) is 0 Å². The molecule has 0 spiro atoms. The summed E-state index contributed by atoms with van der Waals surface area (Å²) in [7, 11) is -4.16. The van der Waals surface area contributed by atoms with Gasteiger partial charge in [0, 0.05) is 5.02 Å². The minimum Gasteiger partial charge on any atom is -0.282 e. The van der Waals surface area contributed by atoms with E-state index in [2.05, 4.69) is 6.58 Å². The molecule has 0 fully saturated rings. The molecule has 0 aromatic heterocycles. The fourth-order valence-corrected chi connectivity index (χ4v) is 1.55. The second kappa shape index (κ2) is 3.49. The number of benzene rings is 1. The van der Waals surface area contributed by atoms with E-state index in [1.54, 1.807) is 0 Å². The number of hydrogen-bond donors (Lipinski definition) is 1. The highest BCUT2D eigenvalue weighted by Gasteiger charge is 2.10. The maximum atomic E-state index is 10.7. The second-order valence-electron chi connectivity index (χ2n) is 2.36. The van der Waals surface area contributed by atoms with E-state index in [1.807, 2.05) is 0 Å². The van der Waals surface area contributed by atoms with Crippen LogP contribution < -0.4 is 0 Å². The van der Waals surface area contributed by atoms with Crippen molar-refractivity contribution in [1.82, 2.24) is 0 Å². The molecule has 3 nitrogen and oxygen atoms in total. The molecular weight excluding hydrogens is 212 g/mol. The summed E-state index contributed by atoms with van der Waals surface area (Å²) in [5.41, 5.74) is 0.469. The van der Waals surface area contributed by atoms with Crippen LogP contribution in [0.5, 0.6) is 0 Å². The Morgan fingerprint density at radius 1 is 1.46 bits per heavy atom. The van der Waals surface area contributed by atoms with E-state index in [0.717, 1.165) is 0 Å². The van der Waals surface area contributed by atoms with Gasteiger partial charge in [0.1, 0.15) is 0 Å². The quantitative estimate of drug-likeness (QED) is 0.775. The third kappa shape index (κ3) is 2.30. The number of hydrogen-bond acceptors (Lipinski definition) is 2. The Hall–Kier alpha value is -0.840. The fraction of sp³-hybridized carbons (Fsp3) is 0. The normalized spacial score (nSPS) is 11.2. The highest BCUT2D eigenvalue weighted by atomic mass is 35.5. The summed E-state index contributed by atoms with van der Waals surface area (Å²) in [6, 6.07) is 3.87. The Morgan fingerprint density at radius 2 is 2.08 bits per heavy atom. The van der Waals surface area contributed by atoms with E-state index in [0.29, 0.717) is 10.6 Å². The van der Waals surface area contributed by atoms with E-state index in [1.165, 1.54) is 24.3 Å². The van der Waals surface area contributed by atoms with Crippen LogP contribution >= 0.6 is 11.6 Å². The smallest absolute Gasteiger partial charge is 0.282 e. The summed E-state index contributed by atoms with van der Waals surface area (Å²) >= 11 is 5.70. The summed E-state index contributed by atoms with van der Waals surface area (Å²) in [5.74, 6) is 0. The molecule has 0 amide bonds. The zero-order valence-electron chi connectivity index (χ0n) is 6.57. The van der Waals surface area contributed by atoms with Gasteiger partial charge < -0.3 is 0 Å². The number of halogens is 1. The van der Waals surface area contributed by atoms with Gasteiger partial charge in [-0.1, -0.05) is 24.3 Å². The summed E-state index contributed by atoms with van der Waals surface area (Å²) in [6.07, 6.45) is 1.41. The first-order chi connectivity index (χ1) is 5.95. The summed E-state index contributed by atoms with van der Waals surface area (Å²) in [5, 5.41) is 0.391. The maximum Gasteiger partial charge on any atom is 0.294 e. The van der Waals surface area contributed by atoms with E-state index < -0.39 is 10.1 Å². The Balaban J connectivity index is 3.38. The largest absolute Gasteiger partial charge is 0.294 e. The predicted octanol–water partition coefficient (Wildman–Crippen LogP) is 2.23. The first kappa shape index (κ1) is 10.2. The number of rotatable bonds is 2. The molecule has 0 radical (unpaired) electrons. The van der Waals surface area contributed by atoms with Crippen molar-refractivity contribution in [2.75, 3.05) is 0 Å². The first-order valence-electron chi connectivity index (χ1n) is 3.34. The van der Waals surface area contributed by atoms with Crippen molar-refractivity contribution < 1.29 is 13.0 Å². The molecular formula is C8H7ClO3S. The van der Waals surface area contributed by atoms with E-state index >= 15 is 0 Å². The second-order valence-corrected chi connectivity index (χ2v) is 4.19. The van der Waals surface area contributed by atoms with Crippen LogP contribution in [0.2, 0.25) is 5.02 Å². The van der Waals surface area contributed by atoms with Crippen LogP contribution in [0.15, 0.2) is 29.7 Å². The van der Waals surface area contributed by atoms with Crippen LogP contribution in [0.4, 0.5) is 0 Å². The average molecular weight is 219 g/mol. The lowest BCUT2D eigenvalue weighted by Crippen LogP contribution is -1.97. The average Bonchev–Trinajstić information content (AvgIpc) is 2.03. The van der Waals surface area contributed by atoms with Gasteiger partial charge in [0.15, 0.2) is 0 Å². The first-order valence-corrected chi connectivity index (χ1v) is 5.16. The van der Waals surface area contributed by atoms with Crippen molar-refractivity contribution in [2.24, 2.45) is 0 Å². The lowest BCUT2D eigenvalue weighted by molar-refractivity contribution is 0.483. The van der Waals surface area contributed by atoms with Gasteiger partial charge in [-0.25, -0.2) is 0 Å². The molecule has 0 unspecified atom stereocenters.